The fourth-order valence-electron chi connectivity index (χ4n) is 5.31. The second kappa shape index (κ2) is 16.8. The van der Waals surface area contributed by atoms with Crippen molar-refractivity contribution in [3.8, 4) is 11.5 Å². The molecule has 1 fully saturated rings. The van der Waals surface area contributed by atoms with Crippen LogP contribution in [-0.2, 0) is 20.7 Å². The predicted molar refractivity (Wildman–Crippen MR) is 166 cm³/mol. The van der Waals surface area contributed by atoms with Crippen molar-refractivity contribution < 1.29 is 33.3 Å². The largest absolute Gasteiger partial charge is 0.493 e. The van der Waals surface area contributed by atoms with Crippen molar-refractivity contribution in [1.82, 2.24) is 4.90 Å². The highest BCUT2D eigenvalue weighted by molar-refractivity contribution is 5.98. The van der Waals surface area contributed by atoms with E-state index in [4.69, 9.17) is 18.9 Å². The van der Waals surface area contributed by atoms with Crippen LogP contribution < -0.4 is 9.47 Å². The standard InChI is InChI=1S/C35H47NO7/c1-24(2)29(33(37)27-17-18-31(41-6)32(22-27)42-20-12-19-40-5)15-10-11-16-30(25(3)4)34(38)36-28(23-43-35(36)39)21-26-13-8-7-9-14-26/h7-11,13-14,17-18,22,24-25,28-30H,12,15-16,19-21,23H2,1-6H3/t28-,29?,30-/m0/s1. The molecule has 0 radical (unpaired) electrons. The smallest absolute Gasteiger partial charge is 0.416 e. The number of amides is 2. The lowest BCUT2D eigenvalue weighted by Crippen LogP contribution is -2.44. The van der Waals surface area contributed by atoms with E-state index < -0.39 is 6.09 Å². The molecule has 0 aliphatic carbocycles. The lowest BCUT2D eigenvalue weighted by atomic mass is 9.84. The predicted octanol–water partition coefficient (Wildman–Crippen LogP) is 6.76. The van der Waals surface area contributed by atoms with Crippen molar-refractivity contribution in [2.24, 2.45) is 23.7 Å². The third-order valence-corrected chi connectivity index (χ3v) is 7.92. The molecule has 0 N–H and O–H groups in total. The maximum atomic E-state index is 13.6. The van der Waals surface area contributed by atoms with Crippen LogP contribution in [0.1, 0.15) is 62.9 Å². The first-order chi connectivity index (χ1) is 20.7. The molecule has 2 aromatic rings. The van der Waals surface area contributed by atoms with E-state index in [1.807, 2.05) is 70.2 Å². The monoisotopic (exact) mass is 593 g/mol. The molecule has 2 aromatic carbocycles. The number of ether oxygens (including phenoxy) is 4. The van der Waals surface area contributed by atoms with Crippen molar-refractivity contribution in [1.29, 1.82) is 0 Å². The summed E-state index contributed by atoms with van der Waals surface area (Å²) in [5, 5.41) is 0. The second-order valence-electron chi connectivity index (χ2n) is 11.7. The van der Waals surface area contributed by atoms with Gasteiger partial charge in [-0.1, -0.05) is 70.2 Å². The Bertz CT molecular complexity index is 1220. The Kier molecular flexibility index (Phi) is 13.3. The summed E-state index contributed by atoms with van der Waals surface area (Å²) in [5.74, 6) is 0.424. The second-order valence-corrected chi connectivity index (χ2v) is 11.7. The average Bonchev–Trinajstić information content (AvgIpc) is 3.35. The molecular weight excluding hydrogens is 546 g/mol. The van der Waals surface area contributed by atoms with E-state index in [1.165, 1.54) is 4.90 Å². The lowest BCUT2D eigenvalue weighted by Gasteiger charge is -2.26. The molecule has 1 aliphatic rings. The van der Waals surface area contributed by atoms with Gasteiger partial charge < -0.3 is 18.9 Å². The molecule has 8 nitrogen and oxygen atoms in total. The number of rotatable bonds is 17. The minimum atomic E-state index is -0.576. The minimum absolute atomic E-state index is 0.0204. The number of carbonyl (C=O) groups excluding carboxylic acids is 3. The number of hydrogen-bond donors (Lipinski definition) is 0. The molecule has 0 aromatic heterocycles. The summed E-state index contributed by atoms with van der Waals surface area (Å²) in [6.07, 6.45) is 5.67. The van der Waals surface area contributed by atoms with Gasteiger partial charge in [0.15, 0.2) is 17.3 Å². The first-order valence-corrected chi connectivity index (χ1v) is 15.2. The van der Waals surface area contributed by atoms with Crippen molar-refractivity contribution >= 4 is 17.8 Å². The number of Topliss-reactive ketones (excluding diaryl/α,β-unsaturated/α-hetero) is 1. The summed E-state index contributed by atoms with van der Waals surface area (Å²) < 4.78 is 21.7. The Hall–Kier alpha value is -3.65. The van der Waals surface area contributed by atoms with Crippen molar-refractivity contribution in [3.05, 3.63) is 71.8 Å². The van der Waals surface area contributed by atoms with E-state index in [2.05, 4.69) is 0 Å². The summed E-state index contributed by atoms with van der Waals surface area (Å²) in [6, 6.07) is 14.8. The highest BCUT2D eigenvalue weighted by Crippen LogP contribution is 2.31. The van der Waals surface area contributed by atoms with E-state index in [9.17, 15) is 14.4 Å². The minimum Gasteiger partial charge on any atom is -0.493 e. The van der Waals surface area contributed by atoms with Gasteiger partial charge in [0, 0.05) is 37.5 Å². The topological polar surface area (TPSA) is 91.4 Å². The molecule has 234 valence electrons. The van der Waals surface area contributed by atoms with Crippen molar-refractivity contribution in [2.75, 3.05) is 34.0 Å². The number of imide groups is 1. The highest BCUT2D eigenvalue weighted by Gasteiger charge is 2.41. The summed E-state index contributed by atoms with van der Waals surface area (Å²) in [4.78, 5) is 41.1. The fraction of sp³-hybridized carbons (Fsp3) is 0.514. The lowest BCUT2D eigenvalue weighted by molar-refractivity contribution is -0.134. The van der Waals surface area contributed by atoms with Crippen LogP contribution in [0.2, 0.25) is 0 Å². The van der Waals surface area contributed by atoms with Crippen LogP contribution in [-0.4, -0.2) is 62.8 Å². The van der Waals surface area contributed by atoms with E-state index in [1.54, 1.807) is 32.4 Å². The summed E-state index contributed by atoms with van der Waals surface area (Å²) >= 11 is 0. The van der Waals surface area contributed by atoms with Gasteiger partial charge in [-0.15, -0.1) is 0 Å². The van der Waals surface area contributed by atoms with Gasteiger partial charge in [-0.2, -0.15) is 0 Å². The molecule has 0 bridgehead atoms. The molecule has 2 amide bonds. The maximum Gasteiger partial charge on any atom is 0.416 e. The molecular formula is C35H47NO7. The molecule has 3 rings (SSSR count). The zero-order chi connectivity index (χ0) is 31.4. The first-order valence-electron chi connectivity index (χ1n) is 15.2. The summed E-state index contributed by atoms with van der Waals surface area (Å²) in [5.41, 5.74) is 1.62. The highest BCUT2D eigenvalue weighted by atomic mass is 16.6. The molecule has 8 heteroatoms. The SMILES string of the molecule is COCCCOc1cc(C(=O)C(CC=CC[C@H](C(=O)N2C(=O)OC[C@@H]2Cc2ccccc2)C(C)C)C(C)C)ccc1OC. The van der Waals surface area contributed by atoms with Gasteiger partial charge in [-0.25, -0.2) is 9.69 Å². The number of cyclic esters (lactones) is 1. The number of ketones is 1. The summed E-state index contributed by atoms with van der Waals surface area (Å²) in [6.45, 7) is 9.29. The molecule has 43 heavy (non-hydrogen) atoms. The number of allylic oxidation sites excluding steroid dienone is 2. The number of methoxy groups -OCH3 is 2. The van der Waals surface area contributed by atoms with Crippen LogP contribution in [0.3, 0.4) is 0 Å². The van der Waals surface area contributed by atoms with Crippen LogP contribution in [0, 0.1) is 23.7 Å². The molecule has 0 saturated carbocycles. The first kappa shape index (κ1) is 33.8. The van der Waals surface area contributed by atoms with Gasteiger partial charge in [0.05, 0.1) is 19.8 Å². The van der Waals surface area contributed by atoms with Gasteiger partial charge in [-0.3, -0.25) is 9.59 Å². The Labute approximate surface area is 256 Å². The van der Waals surface area contributed by atoms with Gasteiger partial charge in [0.25, 0.3) is 0 Å². The van der Waals surface area contributed by atoms with Crippen LogP contribution in [0.5, 0.6) is 11.5 Å². The molecule has 1 heterocycles. The quantitative estimate of drug-likeness (QED) is 0.114. The third-order valence-electron chi connectivity index (χ3n) is 7.92. The van der Waals surface area contributed by atoms with Crippen molar-refractivity contribution in [2.45, 2.75) is 59.4 Å². The van der Waals surface area contributed by atoms with Gasteiger partial charge in [0.2, 0.25) is 5.91 Å². The fourth-order valence-corrected chi connectivity index (χ4v) is 5.31. The zero-order valence-corrected chi connectivity index (χ0v) is 26.4. The Balaban J connectivity index is 1.67. The molecule has 3 atom stereocenters. The van der Waals surface area contributed by atoms with Crippen LogP contribution >= 0.6 is 0 Å². The molecule has 1 aliphatic heterocycles. The van der Waals surface area contributed by atoms with Crippen LogP contribution in [0.4, 0.5) is 4.79 Å². The molecule has 1 saturated heterocycles. The molecule has 1 unspecified atom stereocenters. The van der Waals surface area contributed by atoms with Crippen molar-refractivity contribution in [3.63, 3.8) is 0 Å². The van der Waals surface area contributed by atoms with E-state index in [0.717, 1.165) is 12.0 Å². The van der Waals surface area contributed by atoms with E-state index >= 15 is 0 Å². The molecule has 0 spiro atoms. The Morgan fingerprint density at radius 3 is 2.23 bits per heavy atom. The Morgan fingerprint density at radius 1 is 0.930 bits per heavy atom. The summed E-state index contributed by atoms with van der Waals surface area (Å²) in [7, 11) is 3.22. The van der Waals surface area contributed by atoms with Crippen LogP contribution in [0.15, 0.2) is 60.7 Å². The average molecular weight is 594 g/mol. The zero-order valence-electron chi connectivity index (χ0n) is 26.4. The van der Waals surface area contributed by atoms with Gasteiger partial charge in [0.1, 0.15) is 6.61 Å². The van der Waals surface area contributed by atoms with Gasteiger partial charge in [-0.05, 0) is 54.9 Å². The Morgan fingerprint density at radius 2 is 1.60 bits per heavy atom. The number of benzene rings is 2. The van der Waals surface area contributed by atoms with E-state index in [-0.39, 0.29) is 48.0 Å². The third kappa shape index (κ3) is 9.42. The maximum absolute atomic E-state index is 13.6. The number of carbonyl (C=O) groups is 3. The van der Waals surface area contributed by atoms with Crippen LogP contribution in [0.25, 0.3) is 0 Å². The van der Waals surface area contributed by atoms with Gasteiger partial charge >= 0.3 is 6.09 Å². The van der Waals surface area contributed by atoms with E-state index in [0.29, 0.717) is 49.5 Å². The number of nitrogens with zero attached hydrogens (tertiary/aromatic N) is 1. The normalized spacial score (nSPS) is 16.5. The number of hydrogen-bond acceptors (Lipinski definition) is 7.